The Kier molecular flexibility index (Phi) is 3.75. The summed E-state index contributed by atoms with van der Waals surface area (Å²) in [5.41, 5.74) is 2.38. The molecule has 3 rings (SSSR count). The number of hydrogen-bond donors (Lipinski definition) is 1. The minimum Gasteiger partial charge on any atom is -0.508 e. The molecule has 0 spiro atoms. The van der Waals surface area contributed by atoms with E-state index in [-0.39, 0.29) is 0 Å². The van der Waals surface area contributed by atoms with E-state index in [1.807, 2.05) is 18.3 Å². The van der Waals surface area contributed by atoms with Gasteiger partial charge in [-0.2, -0.15) is 8.75 Å². The molecule has 100 valence electrons. The molecule has 4 nitrogen and oxygen atoms in total. The smallest absolute Gasteiger partial charge is 0.115 e. The maximum Gasteiger partial charge on any atom is 0.115 e. The lowest BCUT2D eigenvalue weighted by molar-refractivity contribution is 0.313. The highest BCUT2D eigenvalue weighted by molar-refractivity contribution is 6.99. The van der Waals surface area contributed by atoms with Crippen LogP contribution in [0.25, 0.3) is 0 Å². The molecule has 2 aromatic rings. The van der Waals surface area contributed by atoms with Crippen LogP contribution >= 0.6 is 11.7 Å². The molecule has 1 saturated heterocycles. The van der Waals surface area contributed by atoms with E-state index in [4.69, 9.17) is 0 Å². The average Bonchev–Trinajstić information content (AvgIpc) is 3.05. The summed E-state index contributed by atoms with van der Waals surface area (Å²) in [7, 11) is 0. The number of phenols is 1. The summed E-state index contributed by atoms with van der Waals surface area (Å²) < 4.78 is 8.30. The van der Waals surface area contributed by atoms with Crippen molar-refractivity contribution in [2.75, 3.05) is 13.1 Å². The summed E-state index contributed by atoms with van der Waals surface area (Å²) in [6.45, 7) is 3.18. The Labute approximate surface area is 117 Å². The molecule has 0 aliphatic carbocycles. The third kappa shape index (κ3) is 3.30. The van der Waals surface area contributed by atoms with Crippen molar-refractivity contribution in [2.24, 2.45) is 5.92 Å². The molecule has 1 aliphatic heterocycles. The minimum atomic E-state index is 0.341. The number of rotatable bonds is 4. The lowest BCUT2D eigenvalue weighted by Crippen LogP contribution is -2.20. The predicted octanol–water partition coefficient (Wildman–Crippen LogP) is 2.31. The van der Waals surface area contributed by atoms with Crippen LogP contribution in [-0.2, 0) is 13.0 Å². The second-order valence-electron chi connectivity index (χ2n) is 5.16. The van der Waals surface area contributed by atoms with E-state index >= 15 is 0 Å². The van der Waals surface area contributed by atoms with Gasteiger partial charge in [-0.1, -0.05) is 12.1 Å². The molecule has 2 heterocycles. The van der Waals surface area contributed by atoms with Crippen molar-refractivity contribution >= 4 is 11.7 Å². The highest BCUT2D eigenvalue weighted by atomic mass is 32.1. The normalized spacial score (nSPS) is 19.9. The van der Waals surface area contributed by atoms with Gasteiger partial charge in [-0.3, -0.25) is 4.90 Å². The highest BCUT2D eigenvalue weighted by Gasteiger charge is 2.23. The summed E-state index contributed by atoms with van der Waals surface area (Å²) in [5, 5.41) is 9.28. The zero-order valence-corrected chi connectivity index (χ0v) is 11.5. The molecule has 5 heteroatoms. The quantitative estimate of drug-likeness (QED) is 0.930. The number of phenolic OH excluding ortho intramolecular Hbond substituents is 1. The zero-order valence-electron chi connectivity index (χ0n) is 10.7. The molecule has 1 aromatic carbocycles. The molecule has 1 aliphatic rings. The molecule has 0 saturated carbocycles. The Morgan fingerprint density at radius 1 is 1.32 bits per heavy atom. The first-order valence-corrected chi connectivity index (χ1v) is 7.29. The number of aromatic hydroxyl groups is 1. The van der Waals surface area contributed by atoms with Crippen molar-refractivity contribution in [3.05, 3.63) is 41.7 Å². The second-order valence-corrected chi connectivity index (χ2v) is 5.72. The number of hydrogen-bond acceptors (Lipinski definition) is 5. The maximum absolute atomic E-state index is 9.28. The van der Waals surface area contributed by atoms with Crippen LogP contribution in [0.4, 0.5) is 0 Å². The van der Waals surface area contributed by atoms with E-state index in [0.717, 1.165) is 31.7 Å². The van der Waals surface area contributed by atoms with Crippen molar-refractivity contribution in [3.8, 4) is 5.75 Å². The van der Waals surface area contributed by atoms with Gasteiger partial charge in [0.2, 0.25) is 0 Å². The Hall–Kier alpha value is -1.46. The van der Waals surface area contributed by atoms with Gasteiger partial charge in [0.15, 0.2) is 0 Å². The maximum atomic E-state index is 9.28. The second kappa shape index (κ2) is 5.67. The lowest BCUT2D eigenvalue weighted by atomic mass is 9.99. The lowest BCUT2D eigenvalue weighted by Gasteiger charge is -2.14. The van der Waals surface area contributed by atoms with Gasteiger partial charge in [0, 0.05) is 13.1 Å². The van der Waals surface area contributed by atoms with E-state index < -0.39 is 0 Å². The van der Waals surface area contributed by atoms with Crippen molar-refractivity contribution < 1.29 is 5.11 Å². The first kappa shape index (κ1) is 12.6. The van der Waals surface area contributed by atoms with Gasteiger partial charge in [0.1, 0.15) is 5.75 Å². The van der Waals surface area contributed by atoms with Gasteiger partial charge in [0.05, 0.1) is 23.6 Å². The molecule has 1 atom stereocenters. The Bertz CT molecular complexity index is 512. The van der Waals surface area contributed by atoms with Gasteiger partial charge < -0.3 is 5.11 Å². The third-order valence-corrected chi connectivity index (χ3v) is 4.14. The van der Waals surface area contributed by atoms with Gasteiger partial charge in [-0.25, -0.2) is 0 Å². The van der Waals surface area contributed by atoms with Crippen LogP contribution < -0.4 is 0 Å². The highest BCUT2D eigenvalue weighted by Crippen LogP contribution is 2.23. The molecule has 1 N–H and O–H groups in total. The predicted molar refractivity (Wildman–Crippen MR) is 75.1 cm³/mol. The zero-order chi connectivity index (χ0) is 13.1. The van der Waals surface area contributed by atoms with Gasteiger partial charge >= 0.3 is 0 Å². The van der Waals surface area contributed by atoms with Crippen molar-refractivity contribution in [3.63, 3.8) is 0 Å². The van der Waals surface area contributed by atoms with Crippen LogP contribution in [0, 0.1) is 5.92 Å². The van der Waals surface area contributed by atoms with Crippen LogP contribution in [0.5, 0.6) is 5.75 Å². The van der Waals surface area contributed by atoms with Crippen LogP contribution in [0.15, 0.2) is 30.5 Å². The SMILES string of the molecule is Oc1ccc(CC2CCN(Cc3cnsn3)C2)cc1. The van der Waals surface area contributed by atoms with Gasteiger partial charge in [-0.15, -0.1) is 0 Å². The average molecular weight is 275 g/mol. The van der Waals surface area contributed by atoms with E-state index in [1.54, 1.807) is 12.1 Å². The van der Waals surface area contributed by atoms with E-state index in [0.29, 0.717) is 11.7 Å². The molecular weight excluding hydrogens is 258 g/mol. The van der Waals surface area contributed by atoms with Crippen LogP contribution in [0.2, 0.25) is 0 Å². The monoisotopic (exact) mass is 275 g/mol. The van der Waals surface area contributed by atoms with E-state index in [2.05, 4.69) is 13.6 Å². The Morgan fingerprint density at radius 3 is 2.89 bits per heavy atom. The standard InChI is InChI=1S/C14H17N3OS/c18-14-3-1-11(2-4-14)7-12-5-6-17(9-12)10-13-8-15-19-16-13/h1-4,8,12,18H,5-7,9-10H2. The van der Waals surface area contributed by atoms with Crippen LogP contribution in [-0.4, -0.2) is 31.8 Å². The fraction of sp³-hybridized carbons (Fsp3) is 0.429. The van der Waals surface area contributed by atoms with Gasteiger partial charge in [0.25, 0.3) is 0 Å². The largest absolute Gasteiger partial charge is 0.508 e. The van der Waals surface area contributed by atoms with Crippen LogP contribution in [0.1, 0.15) is 17.7 Å². The molecule has 1 fully saturated rings. The summed E-state index contributed by atoms with van der Waals surface area (Å²) in [6, 6.07) is 7.57. The molecule has 0 radical (unpaired) electrons. The first-order chi connectivity index (χ1) is 9.29. The summed E-state index contributed by atoms with van der Waals surface area (Å²) in [4.78, 5) is 2.45. The summed E-state index contributed by atoms with van der Waals surface area (Å²) >= 11 is 1.28. The Balaban J connectivity index is 1.53. The van der Waals surface area contributed by atoms with Crippen LogP contribution in [0.3, 0.4) is 0 Å². The molecule has 1 unspecified atom stereocenters. The molecule has 0 bridgehead atoms. The fourth-order valence-corrected chi connectivity index (χ4v) is 3.10. The Morgan fingerprint density at radius 2 is 2.16 bits per heavy atom. The summed E-state index contributed by atoms with van der Waals surface area (Å²) in [6.07, 6.45) is 4.18. The van der Waals surface area contributed by atoms with Crippen molar-refractivity contribution in [2.45, 2.75) is 19.4 Å². The third-order valence-electron chi connectivity index (χ3n) is 3.62. The number of aromatic nitrogens is 2. The summed E-state index contributed by atoms with van der Waals surface area (Å²) in [5.74, 6) is 1.05. The number of likely N-dealkylation sites (tertiary alicyclic amines) is 1. The van der Waals surface area contributed by atoms with Gasteiger partial charge in [-0.05, 0) is 43.0 Å². The van der Waals surface area contributed by atoms with Crippen molar-refractivity contribution in [1.29, 1.82) is 0 Å². The molecule has 0 amide bonds. The van der Waals surface area contributed by atoms with Crippen molar-refractivity contribution in [1.82, 2.24) is 13.6 Å². The number of benzene rings is 1. The molecule has 19 heavy (non-hydrogen) atoms. The molecule has 1 aromatic heterocycles. The fourth-order valence-electron chi connectivity index (χ4n) is 2.67. The van der Waals surface area contributed by atoms with E-state index in [9.17, 15) is 5.11 Å². The van der Waals surface area contributed by atoms with E-state index in [1.165, 1.54) is 23.7 Å². The number of nitrogens with zero attached hydrogens (tertiary/aromatic N) is 3. The first-order valence-electron chi connectivity index (χ1n) is 6.56. The molecular formula is C14H17N3OS. The topological polar surface area (TPSA) is 49.2 Å². The minimum absolute atomic E-state index is 0.341.